The number of amides is 1. The molecule has 1 aromatic heterocycles. The minimum absolute atomic E-state index is 0.0394. The molecule has 1 fully saturated rings. The Balaban J connectivity index is 1.78. The van der Waals surface area contributed by atoms with Crippen molar-refractivity contribution in [2.45, 2.75) is 19.1 Å². The summed E-state index contributed by atoms with van der Waals surface area (Å²) in [5, 5.41) is 18.1. The van der Waals surface area contributed by atoms with E-state index in [1.54, 1.807) is 0 Å². The van der Waals surface area contributed by atoms with Crippen LogP contribution in [0.3, 0.4) is 0 Å². The highest BCUT2D eigenvalue weighted by Gasteiger charge is 2.32. The van der Waals surface area contributed by atoms with Crippen LogP contribution in [0.1, 0.15) is 6.92 Å². The maximum absolute atomic E-state index is 11.6. The van der Waals surface area contributed by atoms with Crippen LogP contribution in [0.15, 0.2) is 12.4 Å². The molecular formula is C11H16N4O4. The smallest absolute Gasteiger partial charge is 0.325 e. The van der Waals surface area contributed by atoms with Crippen molar-refractivity contribution < 1.29 is 19.4 Å². The Morgan fingerprint density at radius 2 is 2.37 bits per heavy atom. The van der Waals surface area contributed by atoms with Crippen LogP contribution in [0, 0.1) is 0 Å². The number of carbonyl (C=O) groups excluding carboxylic acids is 1. The van der Waals surface area contributed by atoms with Gasteiger partial charge in [-0.05, 0) is 6.92 Å². The molecular weight excluding hydrogens is 252 g/mol. The van der Waals surface area contributed by atoms with Gasteiger partial charge < -0.3 is 20.5 Å². The van der Waals surface area contributed by atoms with Crippen molar-refractivity contribution in [3.05, 3.63) is 12.4 Å². The first-order valence-electron chi connectivity index (χ1n) is 5.86. The van der Waals surface area contributed by atoms with Gasteiger partial charge in [-0.25, -0.2) is 0 Å². The van der Waals surface area contributed by atoms with Crippen LogP contribution in [0.25, 0.3) is 0 Å². The van der Waals surface area contributed by atoms with E-state index >= 15 is 0 Å². The Kier molecular flexibility index (Phi) is 3.82. The number of anilines is 1. The molecule has 0 spiro atoms. The van der Waals surface area contributed by atoms with Gasteiger partial charge in [-0.15, -0.1) is 0 Å². The van der Waals surface area contributed by atoms with Crippen molar-refractivity contribution in [1.82, 2.24) is 15.1 Å². The van der Waals surface area contributed by atoms with E-state index in [9.17, 15) is 9.59 Å². The number of aromatic nitrogens is 2. The van der Waals surface area contributed by atoms with Crippen molar-refractivity contribution in [2.24, 2.45) is 0 Å². The molecule has 0 radical (unpaired) electrons. The van der Waals surface area contributed by atoms with Gasteiger partial charge in [-0.1, -0.05) is 0 Å². The lowest BCUT2D eigenvalue weighted by molar-refractivity contribution is -0.137. The molecule has 8 nitrogen and oxygen atoms in total. The lowest BCUT2D eigenvalue weighted by atomic mass is 10.0. The maximum Gasteiger partial charge on any atom is 0.325 e. The van der Waals surface area contributed by atoms with Gasteiger partial charge in [0.1, 0.15) is 13.2 Å². The molecule has 1 amide bonds. The summed E-state index contributed by atoms with van der Waals surface area (Å²) in [7, 11) is 0. The molecule has 2 rings (SSSR count). The third-order valence-electron chi connectivity index (χ3n) is 2.76. The van der Waals surface area contributed by atoms with Crippen molar-refractivity contribution in [3.8, 4) is 0 Å². The minimum atomic E-state index is -0.991. The first-order valence-corrected chi connectivity index (χ1v) is 5.86. The molecule has 2 heterocycles. The molecule has 0 aromatic carbocycles. The fraction of sp³-hybridized carbons (Fsp3) is 0.545. The molecule has 19 heavy (non-hydrogen) atoms. The Labute approximate surface area is 109 Å². The Morgan fingerprint density at radius 3 is 2.95 bits per heavy atom. The molecule has 0 saturated carbocycles. The predicted molar refractivity (Wildman–Crippen MR) is 65.7 cm³/mol. The standard InChI is InChI=1S/C11H16N4O4/c1-11(6-12-7-11)19-5-9(16)14-8-2-13-15(3-8)4-10(17)18/h2-3,12H,4-7H2,1H3,(H,14,16)(H,17,18). The SMILES string of the molecule is CC1(OCC(=O)Nc2cnn(CC(=O)O)c2)CNC1. The van der Waals surface area contributed by atoms with Crippen LogP contribution >= 0.6 is 0 Å². The molecule has 3 N–H and O–H groups in total. The van der Waals surface area contributed by atoms with E-state index in [1.807, 2.05) is 6.92 Å². The molecule has 1 aliphatic rings. The van der Waals surface area contributed by atoms with E-state index in [2.05, 4.69) is 15.7 Å². The summed E-state index contributed by atoms with van der Waals surface area (Å²) in [6, 6.07) is 0. The molecule has 104 valence electrons. The number of carboxylic acid groups (broad SMARTS) is 1. The number of hydrogen-bond donors (Lipinski definition) is 3. The number of rotatable bonds is 6. The van der Waals surface area contributed by atoms with E-state index in [4.69, 9.17) is 9.84 Å². The van der Waals surface area contributed by atoms with E-state index < -0.39 is 5.97 Å². The number of hydrogen-bond acceptors (Lipinski definition) is 5. The van der Waals surface area contributed by atoms with Crippen LogP contribution in [0.5, 0.6) is 0 Å². The summed E-state index contributed by atoms with van der Waals surface area (Å²) < 4.78 is 6.71. The fourth-order valence-electron chi connectivity index (χ4n) is 1.67. The van der Waals surface area contributed by atoms with Crippen molar-refractivity contribution in [3.63, 3.8) is 0 Å². The van der Waals surface area contributed by atoms with Gasteiger partial charge in [-0.2, -0.15) is 5.10 Å². The summed E-state index contributed by atoms with van der Waals surface area (Å²) in [5.41, 5.74) is 0.178. The molecule has 0 atom stereocenters. The van der Waals surface area contributed by atoms with E-state index in [1.165, 1.54) is 17.1 Å². The molecule has 0 unspecified atom stereocenters. The second kappa shape index (κ2) is 5.37. The van der Waals surface area contributed by atoms with Gasteiger partial charge >= 0.3 is 5.97 Å². The number of nitrogens with one attached hydrogen (secondary N) is 2. The zero-order valence-corrected chi connectivity index (χ0v) is 10.5. The summed E-state index contributed by atoms with van der Waals surface area (Å²) in [6.07, 6.45) is 2.85. The zero-order valence-electron chi connectivity index (χ0n) is 10.5. The van der Waals surface area contributed by atoms with E-state index in [0.717, 1.165) is 13.1 Å². The highest BCUT2D eigenvalue weighted by atomic mass is 16.5. The molecule has 1 aliphatic heterocycles. The highest BCUT2D eigenvalue weighted by molar-refractivity contribution is 5.91. The maximum atomic E-state index is 11.6. The Bertz CT molecular complexity index is 481. The Morgan fingerprint density at radius 1 is 1.63 bits per heavy atom. The number of nitrogens with zero attached hydrogens (tertiary/aromatic N) is 2. The van der Waals surface area contributed by atoms with Crippen LogP contribution in [0.2, 0.25) is 0 Å². The highest BCUT2D eigenvalue weighted by Crippen LogP contribution is 2.15. The lowest BCUT2D eigenvalue weighted by Gasteiger charge is -2.38. The third-order valence-corrected chi connectivity index (χ3v) is 2.76. The first-order chi connectivity index (χ1) is 8.97. The minimum Gasteiger partial charge on any atom is -0.480 e. The Hall–Kier alpha value is -1.93. The second-order valence-corrected chi connectivity index (χ2v) is 4.71. The van der Waals surface area contributed by atoms with Gasteiger partial charge in [0.05, 0.1) is 17.5 Å². The van der Waals surface area contributed by atoms with Crippen LogP contribution in [0.4, 0.5) is 5.69 Å². The molecule has 1 saturated heterocycles. The topological polar surface area (TPSA) is 105 Å². The zero-order chi connectivity index (χ0) is 13.9. The monoisotopic (exact) mass is 268 g/mol. The summed E-state index contributed by atoms with van der Waals surface area (Å²) in [5.74, 6) is -1.28. The number of carbonyl (C=O) groups is 2. The van der Waals surface area contributed by atoms with Gasteiger partial charge in [0, 0.05) is 19.3 Å². The van der Waals surface area contributed by atoms with E-state index in [0.29, 0.717) is 5.69 Å². The van der Waals surface area contributed by atoms with Gasteiger partial charge in [0.2, 0.25) is 5.91 Å². The molecule has 0 bridgehead atoms. The average molecular weight is 268 g/mol. The van der Waals surface area contributed by atoms with Gasteiger partial charge in [-0.3, -0.25) is 14.3 Å². The first kappa shape index (κ1) is 13.5. The second-order valence-electron chi connectivity index (χ2n) is 4.71. The van der Waals surface area contributed by atoms with Crippen LogP contribution in [-0.4, -0.2) is 52.1 Å². The average Bonchev–Trinajstić information content (AvgIpc) is 2.70. The largest absolute Gasteiger partial charge is 0.480 e. The predicted octanol–water partition coefficient (Wildman–Crippen LogP) is -0.715. The van der Waals surface area contributed by atoms with Gasteiger partial charge in [0.15, 0.2) is 0 Å². The molecule has 8 heteroatoms. The molecule has 0 aliphatic carbocycles. The van der Waals surface area contributed by atoms with Crippen LogP contribution in [-0.2, 0) is 20.9 Å². The van der Waals surface area contributed by atoms with Crippen molar-refractivity contribution in [2.75, 3.05) is 25.0 Å². The quantitative estimate of drug-likeness (QED) is 0.629. The summed E-state index contributed by atoms with van der Waals surface area (Å²) >= 11 is 0. The van der Waals surface area contributed by atoms with Crippen molar-refractivity contribution in [1.29, 1.82) is 0 Å². The fourth-order valence-corrected chi connectivity index (χ4v) is 1.67. The number of aliphatic carboxylic acids is 1. The summed E-state index contributed by atoms with van der Waals surface area (Å²) in [4.78, 5) is 22.1. The van der Waals surface area contributed by atoms with Crippen molar-refractivity contribution >= 4 is 17.6 Å². The molecule has 1 aromatic rings. The lowest BCUT2D eigenvalue weighted by Crippen LogP contribution is -2.59. The van der Waals surface area contributed by atoms with Crippen LogP contribution < -0.4 is 10.6 Å². The number of ether oxygens (including phenoxy) is 1. The normalized spacial score (nSPS) is 16.7. The third kappa shape index (κ3) is 3.76. The summed E-state index contributed by atoms with van der Waals surface area (Å²) in [6.45, 7) is 3.12. The van der Waals surface area contributed by atoms with Gasteiger partial charge in [0.25, 0.3) is 0 Å². The number of carboxylic acids is 1. The van der Waals surface area contributed by atoms with E-state index in [-0.39, 0.29) is 24.7 Å².